The van der Waals surface area contributed by atoms with Gasteiger partial charge >= 0.3 is 0 Å². The second-order valence-electron chi connectivity index (χ2n) is 4.76. The number of hydrogen-bond acceptors (Lipinski definition) is 3. The molecule has 0 bridgehead atoms. The molecule has 2 N–H and O–H groups in total. The molecule has 1 atom stereocenters. The van der Waals surface area contributed by atoms with Crippen molar-refractivity contribution in [2.24, 2.45) is 0 Å². The first kappa shape index (κ1) is 14.6. The lowest BCUT2D eigenvalue weighted by atomic mass is 10.0. The number of aliphatic hydroxyl groups excluding tert-OH is 1. The zero-order valence-electron chi connectivity index (χ0n) is 11.0. The maximum atomic E-state index is 9.27. The summed E-state index contributed by atoms with van der Waals surface area (Å²) >= 11 is 1.92. The lowest BCUT2D eigenvalue weighted by molar-refractivity contribution is 0.179. The minimum absolute atomic E-state index is 0.139. The summed E-state index contributed by atoms with van der Waals surface area (Å²) in [5.74, 6) is 2.11. The Labute approximate surface area is 109 Å². The molecule has 0 radical (unpaired) electrons. The van der Waals surface area contributed by atoms with Crippen LogP contribution in [0.4, 0.5) is 0 Å². The summed E-state index contributed by atoms with van der Waals surface area (Å²) in [5, 5.41) is 12.4. The number of thioether (sulfide) groups is 1. The largest absolute Gasteiger partial charge is 0.394 e. The van der Waals surface area contributed by atoms with E-state index in [0.29, 0.717) is 0 Å². The van der Waals surface area contributed by atoms with E-state index < -0.39 is 0 Å². The molecule has 0 fully saturated rings. The monoisotopic (exact) mass is 253 g/mol. The molecule has 3 heteroatoms. The van der Waals surface area contributed by atoms with Crippen molar-refractivity contribution in [3.63, 3.8) is 0 Å². The van der Waals surface area contributed by atoms with Gasteiger partial charge in [0.15, 0.2) is 0 Å². The third-order valence-corrected chi connectivity index (χ3v) is 4.13. The van der Waals surface area contributed by atoms with Gasteiger partial charge in [-0.05, 0) is 38.6 Å². The predicted octanol–water partition coefficient (Wildman–Crippen LogP) is 2.59. The van der Waals surface area contributed by atoms with Crippen LogP contribution in [-0.2, 0) is 5.75 Å². The van der Waals surface area contributed by atoms with Crippen LogP contribution in [0, 0.1) is 6.92 Å². The van der Waals surface area contributed by atoms with Crippen molar-refractivity contribution < 1.29 is 5.11 Å². The fourth-order valence-electron chi connectivity index (χ4n) is 1.57. The molecule has 0 heterocycles. The fourth-order valence-corrected chi connectivity index (χ4v) is 2.73. The summed E-state index contributed by atoms with van der Waals surface area (Å²) in [4.78, 5) is 0. The van der Waals surface area contributed by atoms with E-state index in [9.17, 15) is 5.11 Å². The van der Waals surface area contributed by atoms with Crippen molar-refractivity contribution in [1.29, 1.82) is 0 Å². The summed E-state index contributed by atoms with van der Waals surface area (Å²) in [6.07, 6.45) is 0.983. The molecule has 2 nitrogen and oxygen atoms in total. The highest BCUT2D eigenvalue weighted by atomic mass is 32.2. The van der Waals surface area contributed by atoms with E-state index in [2.05, 4.69) is 43.4 Å². The van der Waals surface area contributed by atoms with Crippen molar-refractivity contribution in [2.75, 3.05) is 19.4 Å². The van der Waals surface area contributed by atoms with Gasteiger partial charge < -0.3 is 10.4 Å². The van der Waals surface area contributed by atoms with Gasteiger partial charge in [0, 0.05) is 11.3 Å². The van der Waals surface area contributed by atoms with Gasteiger partial charge in [0.05, 0.1) is 6.61 Å². The molecule has 0 amide bonds. The average molecular weight is 253 g/mol. The molecular formula is C14H23NOS. The summed E-state index contributed by atoms with van der Waals surface area (Å²) < 4.78 is 0. The van der Waals surface area contributed by atoms with E-state index in [1.165, 1.54) is 11.1 Å². The molecule has 1 unspecified atom stereocenters. The average Bonchev–Trinajstić information content (AvgIpc) is 2.34. The maximum Gasteiger partial charge on any atom is 0.0610 e. The minimum Gasteiger partial charge on any atom is -0.394 e. The molecule has 0 spiro atoms. The minimum atomic E-state index is -0.139. The first-order valence-corrected chi connectivity index (χ1v) is 7.18. The predicted molar refractivity (Wildman–Crippen MR) is 76.5 cm³/mol. The standard InChI is InChI=1S/C14H23NOS/c1-12-5-4-6-13(9-12)10-17-8-7-14(2,11-16)15-3/h4-6,9,15-16H,7-8,10-11H2,1-3H3. The molecule has 0 aromatic heterocycles. The summed E-state index contributed by atoms with van der Waals surface area (Å²) in [5.41, 5.74) is 2.56. The first-order chi connectivity index (χ1) is 8.09. The number of aryl methyl sites for hydroxylation is 1. The molecule has 96 valence electrons. The van der Waals surface area contributed by atoms with Gasteiger partial charge in [-0.25, -0.2) is 0 Å². The van der Waals surface area contributed by atoms with E-state index in [0.717, 1.165) is 17.9 Å². The van der Waals surface area contributed by atoms with Crippen LogP contribution in [0.15, 0.2) is 24.3 Å². The van der Waals surface area contributed by atoms with E-state index in [1.54, 1.807) is 0 Å². The van der Waals surface area contributed by atoms with Gasteiger partial charge in [-0.3, -0.25) is 0 Å². The summed E-state index contributed by atoms with van der Waals surface area (Å²) in [6, 6.07) is 8.63. The van der Waals surface area contributed by atoms with Crippen LogP contribution >= 0.6 is 11.8 Å². The Balaban J connectivity index is 2.29. The molecule has 17 heavy (non-hydrogen) atoms. The molecule has 0 aliphatic carbocycles. The maximum absolute atomic E-state index is 9.27. The molecule has 0 aliphatic rings. The van der Waals surface area contributed by atoms with Gasteiger partial charge in [-0.2, -0.15) is 11.8 Å². The molecule has 0 saturated carbocycles. The summed E-state index contributed by atoms with van der Waals surface area (Å²) in [6.45, 7) is 4.37. The number of benzene rings is 1. The van der Waals surface area contributed by atoms with Crippen LogP contribution in [0.5, 0.6) is 0 Å². The zero-order chi connectivity index (χ0) is 12.7. The van der Waals surface area contributed by atoms with E-state index in [4.69, 9.17) is 0 Å². The molecule has 1 aromatic carbocycles. The SMILES string of the molecule is CNC(C)(CO)CCSCc1cccc(C)c1. The summed E-state index contributed by atoms with van der Waals surface area (Å²) in [7, 11) is 1.90. The van der Waals surface area contributed by atoms with E-state index >= 15 is 0 Å². The highest BCUT2D eigenvalue weighted by Crippen LogP contribution is 2.18. The van der Waals surface area contributed by atoms with Crippen molar-refractivity contribution in [3.05, 3.63) is 35.4 Å². The normalized spacial score (nSPS) is 14.6. The second-order valence-corrected chi connectivity index (χ2v) is 5.87. The number of hydrogen-bond donors (Lipinski definition) is 2. The van der Waals surface area contributed by atoms with Crippen LogP contribution in [0.2, 0.25) is 0 Å². The first-order valence-electron chi connectivity index (χ1n) is 6.03. The number of aliphatic hydroxyl groups is 1. The van der Waals surface area contributed by atoms with Gasteiger partial charge in [0.2, 0.25) is 0 Å². The smallest absolute Gasteiger partial charge is 0.0610 e. The quantitative estimate of drug-likeness (QED) is 0.733. The molecule has 0 aliphatic heterocycles. The Hall–Kier alpha value is -0.510. The number of likely N-dealkylation sites (N-methyl/N-ethyl adjacent to an activating group) is 1. The highest BCUT2D eigenvalue weighted by molar-refractivity contribution is 7.98. The van der Waals surface area contributed by atoms with Gasteiger partial charge in [0.25, 0.3) is 0 Å². The Morgan fingerprint density at radius 1 is 1.41 bits per heavy atom. The van der Waals surface area contributed by atoms with Crippen molar-refractivity contribution in [2.45, 2.75) is 31.6 Å². The number of rotatable bonds is 7. The molecule has 1 aromatic rings. The third kappa shape index (κ3) is 5.11. The van der Waals surface area contributed by atoms with Crippen LogP contribution in [0.3, 0.4) is 0 Å². The van der Waals surface area contributed by atoms with E-state index in [-0.39, 0.29) is 12.1 Å². The lowest BCUT2D eigenvalue weighted by Crippen LogP contribution is -2.43. The Kier molecular flexibility index (Phi) is 6.03. The van der Waals surface area contributed by atoms with Crippen LogP contribution in [-0.4, -0.2) is 30.1 Å². The van der Waals surface area contributed by atoms with Crippen molar-refractivity contribution >= 4 is 11.8 Å². The lowest BCUT2D eigenvalue weighted by Gasteiger charge is -2.26. The van der Waals surface area contributed by atoms with Crippen LogP contribution in [0.1, 0.15) is 24.5 Å². The van der Waals surface area contributed by atoms with Crippen LogP contribution < -0.4 is 5.32 Å². The van der Waals surface area contributed by atoms with Gasteiger partial charge in [0.1, 0.15) is 0 Å². The van der Waals surface area contributed by atoms with Crippen molar-refractivity contribution in [1.82, 2.24) is 5.32 Å². The Bertz CT molecular complexity index is 337. The topological polar surface area (TPSA) is 32.3 Å². The molecule has 1 rings (SSSR count). The second kappa shape index (κ2) is 7.04. The fraction of sp³-hybridized carbons (Fsp3) is 0.571. The highest BCUT2D eigenvalue weighted by Gasteiger charge is 2.19. The third-order valence-electron chi connectivity index (χ3n) is 3.10. The van der Waals surface area contributed by atoms with Crippen molar-refractivity contribution in [3.8, 4) is 0 Å². The zero-order valence-corrected chi connectivity index (χ0v) is 11.8. The number of nitrogens with one attached hydrogen (secondary N) is 1. The molecular weight excluding hydrogens is 230 g/mol. The Morgan fingerprint density at radius 2 is 2.18 bits per heavy atom. The van der Waals surface area contributed by atoms with E-state index in [1.807, 2.05) is 18.8 Å². The Morgan fingerprint density at radius 3 is 2.76 bits per heavy atom. The molecule has 0 saturated heterocycles. The van der Waals surface area contributed by atoms with Gasteiger partial charge in [-0.1, -0.05) is 29.8 Å². The van der Waals surface area contributed by atoms with Crippen LogP contribution in [0.25, 0.3) is 0 Å². The van der Waals surface area contributed by atoms with Gasteiger partial charge in [-0.15, -0.1) is 0 Å².